The minimum Gasteiger partial charge on any atom is -0.379 e. The summed E-state index contributed by atoms with van der Waals surface area (Å²) in [5.74, 6) is -0.324. The first-order chi connectivity index (χ1) is 8.63. The summed E-state index contributed by atoms with van der Waals surface area (Å²) in [5.41, 5.74) is 7.88. The first kappa shape index (κ1) is 12.1. The van der Waals surface area contributed by atoms with Crippen LogP contribution in [-0.2, 0) is 24.8 Å². The minimum atomic E-state index is -0.324. The Bertz CT molecular complexity index is 532. The fourth-order valence-corrected chi connectivity index (χ4v) is 1.61. The number of aryl methyl sites for hydroxylation is 1. The molecular formula is C12H15N5O. The van der Waals surface area contributed by atoms with Crippen LogP contribution in [0.25, 0.3) is 0 Å². The molecule has 1 aromatic carbocycles. The molecule has 2 aromatic rings. The third-order valence-corrected chi connectivity index (χ3v) is 2.46. The highest BCUT2D eigenvalue weighted by Gasteiger charge is 2.00. The van der Waals surface area contributed by atoms with Gasteiger partial charge in [0.05, 0.1) is 13.0 Å². The van der Waals surface area contributed by atoms with Crippen molar-refractivity contribution in [1.82, 2.24) is 15.0 Å². The molecule has 0 fully saturated rings. The lowest BCUT2D eigenvalue weighted by atomic mass is 10.1. The highest BCUT2D eigenvalue weighted by molar-refractivity contribution is 5.76. The average Bonchev–Trinajstić information content (AvgIpc) is 2.74. The molecular weight excluding hydrogens is 230 g/mol. The van der Waals surface area contributed by atoms with Gasteiger partial charge in [-0.1, -0.05) is 17.3 Å². The number of hydrogen-bond acceptors (Lipinski definition) is 4. The van der Waals surface area contributed by atoms with E-state index in [4.69, 9.17) is 5.73 Å². The Labute approximate surface area is 105 Å². The van der Waals surface area contributed by atoms with E-state index in [1.165, 1.54) is 0 Å². The fourth-order valence-electron chi connectivity index (χ4n) is 1.61. The van der Waals surface area contributed by atoms with E-state index < -0.39 is 0 Å². The number of nitrogens with zero attached hydrogens (tertiary/aromatic N) is 3. The number of benzene rings is 1. The summed E-state index contributed by atoms with van der Waals surface area (Å²) in [5, 5.41) is 11.1. The lowest BCUT2D eigenvalue weighted by molar-refractivity contribution is -0.117. The van der Waals surface area contributed by atoms with Crippen LogP contribution in [0.1, 0.15) is 11.3 Å². The summed E-state index contributed by atoms with van der Waals surface area (Å²) in [6.45, 7) is 0.614. The lowest BCUT2D eigenvalue weighted by Gasteiger charge is -2.05. The number of primary amides is 1. The molecule has 0 spiro atoms. The average molecular weight is 245 g/mol. The van der Waals surface area contributed by atoms with Crippen molar-refractivity contribution in [3.63, 3.8) is 0 Å². The molecule has 0 bridgehead atoms. The van der Waals surface area contributed by atoms with Crippen molar-refractivity contribution in [3.8, 4) is 0 Å². The Morgan fingerprint density at radius 3 is 2.67 bits per heavy atom. The number of anilines is 1. The SMILES string of the molecule is Cn1cc(CNc2ccc(CC(N)=O)cc2)nn1. The number of nitrogens with one attached hydrogen (secondary N) is 1. The molecule has 0 saturated carbocycles. The molecule has 0 atom stereocenters. The number of hydrogen-bond donors (Lipinski definition) is 2. The van der Waals surface area contributed by atoms with Gasteiger partial charge < -0.3 is 11.1 Å². The van der Waals surface area contributed by atoms with Gasteiger partial charge in [-0.25, -0.2) is 0 Å². The second-order valence-electron chi connectivity index (χ2n) is 4.08. The van der Waals surface area contributed by atoms with E-state index in [1.807, 2.05) is 37.5 Å². The van der Waals surface area contributed by atoms with Crippen molar-refractivity contribution in [3.05, 3.63) is 41.7 Å². The molecule has 3 N–H and O–H groups in total. The van der Waals surface area contributed by atoms with Gasteiger partial charge in [-0.3, -0.25) is 9.48 Å². The number of rotatable bonds is 5. The van der Waals surface area contributed by atoms with Crippen LogP contribution < -0.4 is 11.1 Å². The third-order valence-electron chi connectivity index (χ3n) is 2.46. The maximum absolute atomic E-state index is 10.8. The first-order valence-electron chi connectivity index (χ1n) is 5.60. The summed E-state index contributed by atoms with van der Waals surface area (Å²) in [6, 6.07) is 7.58. The van der Waals surface area contributed by atoms with Gasteiger partial charge in [0.25, 0.3) is 0 Å². The lowest BCUT2D eigenvalue weighted by Crippen LogP contribution is -2.13. The van der Waals surface area contributed by atoms with Gasteiger partial charge in [0, 0.05) is 18.9 Å². The summed E-state index contributed by atoms with van der Waals surface area (Å²) in [7, 11) is 1.83. The predicted octanol–water partition coefficient (Wildman–Crippen LogP) is 0.455. The molecule has 6 heteroatoms. The number of aromatic nitrogens is 3. The Morgan fingerprint density at radius 1 is 1.39 bits per heavy atom. The molecule has 0 saturated heterocycles. The highest BCUT2D eigenvalue weighted by Crippen LogP contribution is 2.10. The minimum absolute atomic E-state index is 0.268. The van der Waals surface area contributed by atoms with Gasteiger partial charge in [0.2, 0.25) is 5.91 Å². The topological polar surface area (TPSA) is 85.8 Å². The number of nitrogens with two attached hydrogens (primary N) is 1. The van der Waals surface area contributed by atoms with Crippen molar-refractivity contribution in [2.24, 2.45) is 12.8 Å². The van der Waals surface area contributed by atoms with Crippen LogP contribution in [0.2, 0.25) is 0 Å². The Kier molecular flexibility index (Phi) is 3.57. The van der Waals surface area contributed by atoms with E-state index >= 15 is 0 Å². The second kappa shape index (κ2) is 5.31. The van der Waals surface area contributed by atoms with Crippen molar-refractivity contribution < 1.29 is 4.79 Å². The maximum atomic E-state index is 10.8. The van der Waals surface area contributed by atoms with E-state index in [-0.39, 0.29) is 12.3 Å². The molecule has 6 nitrogen and oxygen atoms in total. The number of carbonyl (C=O) groups is 1. The van der Waals surface area contributed by atoms with Crippen molar-refractivity contribution >= 4 is 11.6 Å². The van der Waals surface area contributed by atoms with Gasteiger partial charge in [0.15, 0.2) is 0 Å². The number of carbonyl (C=O) groups excluding carboxylic acids is 1. The molecule has 1 aromatic heterocycles. The normalized spacial score (nSPS) is 10.3. The molecule has 0 aliphatic heterocycles. The second-order valence-corrected chi connectivity index (χ2v) is 4.08. The van der Waals surface area contributed by atoms with E-state index in [0.717, 1.165) is 16.9 Å². The molecule has 0 radical (unpaired) electrons. The van der Waals surface area contributed by atoms with Crippen LogP contribution in [0.3, 0.4) is 0 Å². The summed E-state index contributed by atoms with van der Waals surface area (Å²) >= 11 is 0. The molecule has 0 unspecified atom stereocenters. The smallest absolute Gasteiger partial charge is 0.221 e. The molecule has 18 heavy (non-hydrogen) atoms. The van der Waals surface area contributed by atoms with Crippen LogP contribution in [-0.4, -0.2) is 20.9 Å². The standard InChI is InChI=1S/C12H15N5O/c1-17-8-11(15-16-17)7-14-10-4-2-9(3-5-10)6-12(13)18/h2-5,8,14H,6-7H2,1H3,(H2,13,18). The summed E-state index contributed by atoms with van der Waals surface area (Å²) in [6.07, 6.45) is 2.12. The zero-order chi connectivity index (χ0) is 13.0. The maximum Gasteiger partial charge on any atom is 0.221 e. The predicted molar refractivity (Wildman–Crippen MR) is 67.7 cm³/mol. The highest BCUT2D eigenvalue weighted by atomic mass is 16.1. The molecule has 94 valence electrons. The Balaban J connectivity index is 1.92. The van der Waals surface area contributed by atoms with Crippen molar-refractivity contribution in [2.75, 3.05) is 5.32 Å². The van der Waals surface area contributed by atoms with Crippen LogP contribution in [0.15, 0.2) is 30.5 Å². The van der Waals surface area contributed by atoms with Gasteiger partial charge >= 0.3 is 0 Å². The molecule has 1 heterocycles. The number of amides is 1. The van der Waals surface area contributed by atoms with E-state index in [1.54, 1.807) is 4.68 Å². The van der Waals surface area contributed by atoms with Crippen molar-refractivity contribution in [2.45, 2.75) is 13.0 Å². The van der Waals surface area contributed by atoms with E-state index in [2.05, 4.69) is 15.6 Å². The van der Waals surface area contributed by atoms with Gasteiger partial charge in [0.1, 0.15) is 5.69 Å². The van der Waals surface area contributed by atoms with E-state index in [0.29, 0.717) is 6.54 Å². The van der Waals surface area contributed by atoms with Gasteiger partial charge in [-0.05, 0) is 17.7 Å². The Morgan fingerprint density at radius 2 is 2.11 bits per heavy atom. The zero-order valence-corrected chi connectivity index (χ0v) is 10.1. The molecule has 2 rings (SSSR count). The summed E-state index contributed by atoms with van der Waals surface area (Å²) in [4.78, 5) is 10.8. The monoisotopic (exact) mass is 245 g/mol. The first-order valence-corrected chi connectivity index (χ1v) is 5.60. The van der Waals surface area contributed by atoms with E-state index in [9.17, 15) is 4.79 Å². The fraction of sp³-hybridized carbons (Fsp3) is 0.250. The van der Waals surface area contributed by atoms with Crippen LogP contribution in [0.4, 0.5) is 5.69 Å². The largest absolute Gasteiger partial charge is 0.379 e. The van der Waals surface area contributed by atoms with Crippen LogP contribution in [0, 0.1) is 0 Å². The zero-order valence-electron chi connectivity index (χ0n) is 10.1. The molecule has 0 aliphatic rings. The molecule has 1 amide bonds. The summed E-state index contributed by atoms with van der Waals surface area (Å²) < 4.78 is 1.66. The Hall–Kier alpha value is -2.37. The van der Waals surface area contributed by atoms with Gasteiger partial charge in [-0.15, -0.1) is 5.10 Å². The molecule has 0 aliphatic carbocycles. The van der Waals surface area contributed by atoms with Crippen LogP contribution in [0.5, 0.6) is 0 Å². The quantitative estimate of drug-likeness (QED) is 0.801. The van der Waals surface area contributed by atoms with Crippen molar-refractivity contribution in [1.29, 1.82) is 0 Å². The van der Waals surface area contributed by atoms with Gasteiger partial charge in [-0.2, -0.15) is 0 Å². The third kappa shape index (κ3) is 3.31. The van der Waals surface area contributed by atoms with Crippen LogP contribution >= 0.6 is 0 Å².